The van der Waals surface area contributed by atoms with Crippen LogP contribution in [0.2, 0.25) is 0 Å². The fourth-order valence-electron chi connectivity index (χ4n) is 2.76. The van der Waals surface area contributed by atoms with E-state index in [1.165, 1.54) is 16.7 Å². The standard InChI is InChI=1S/C15H15NO/c1-10-9-12-8-7-11-5-3-4-6-13(11)14(12)16(2)15(10)17/h3-6,9H,7-8H2,1-2H3. The Hall–Kier alpha value is -1.83. The van der Waals surface area contributed by atoms with E-state index in [1.54, 1.807) is 4.57 Å². The van der Waals surface area contributed by atoms with Crippen molar-refractivity contribution in [3.63, 3.8) is 0 Å². The van der Waals surface area contributed by atoms with Gasteiger partial charge in [0.25, 0.3) is 5.56 Å². The monoisotopic (exact) mass is 225 g/mol. The minimum Gasteiger partial charge on any atom is -0.311 e. The Labute approximate surface area is 101 Å². The van der Waals surface area contributed by atoms with Crippen molar-refractivity contribution < 1.29 is 0 Å². The fraction of sp³-hybridized carbons (Fsp3) is 0.267. The van der Waals surface area contributed by atoms with E-state index < -0.39 is 0 Å². The highest BCUT2D eigenvalue weighted by Gasteiger charge is 2.19. The summed E-state index contributed by atoms with van der Waals surface area (Å²) in [6.07, 6.45) is 2.10. The zero-order valence-corrected chi connectivity index (χ0v) is 10.2. The lowest BCUT2D eigenvalue weighted by Gasteiger charge is -2.22. The van der Waals surface area contributed by atoms with Crippen LogP contribution in [0.25, 0.3) is 11.3 Å². The molecule has 86 valence electrons. The zero-order chi connectivity index (χ0) is 12.0. The maximum absolute atomic E-state index is 12.0. The Bertz CT molecular complexity index is 652. The summed E-state index contributed by atoms with van der Waals surface area (Å²) in [5.41, 5.74) is 5.91. The number of benzene rings is 1. The quantitative estimate of drug-likeness (QED) is 0.675. The average Bonchev–Trinajstić information content (AvgIpc) is 2.35. The van der Waals surface area contributed by atoms with Gasteiger partial charge >= 0.3 is 0 Å². The summed E-state index contributed by atoms with van der Waals surface area (Å²) in [6, 6.07) is 10.4. The molecule has 0 N–H and O–H groups in total. The summed E-state index contributed by atoms with van der Waals surface area (Å²) in [7, 11) is 1.87. The van der Waals surface area contributed by atoms with Crippen molar-refractivity contribution in [2.75, 3.05) is 0 Å². The van der Waals surface area contributed by atoms with Gasteiger partial charge in [-0.15, -0.1) is 0 Å². The summed E-state index contributed by atoms with van der Waals surface area (Å²) >= 11 is 0. The van der Waals surface area contributed by atoms with Gasteiger partial charge in [0.2, 0.25) is 0 Å². The first-order valence-electron chi connectivity index (χ1n) is 5.96. The Morgan fingerprint density at radius 1 is 1.12 bits per heavy atom. The molecular formula is C15H15NO. The van der Waals surface area contributed by atoms with Gasteiger partial charge in [-0.2, -0.15) is 0 Å². The zero-order valence-electron chi connectivity index (χ0n) is 10.2. The molecule has 0 aliphatic heterocycles. The van der Waals surface area contributed by atoms with E-state index in [9.17, 15) is 4.79 Å². The van der Waals surface area contributed by atoms with Gasteiger partial charge in [0, 0.05) is 18.2 Å². The van der Waals surface area contributed by atoms with Gasteiger partial charge in [0.15, 0.2) is 0 Å². The SMILES string of the molecule is Cc1cc2c(n(C)c1=O)-c1ccccc1CC2. The third kappa shape index (κ3) is 1.44. The largest absolute Gasteiger partial charge is 0.311 e. The molecule has 0 spiro atoms. The molecule has 2 aromatic rings. The molecule has 1 aromatic heterocycles. The Morgan fingerprint density at radius 2 is 1.82 bits per heavy atom. The van der Waals surface area contributed by atoms with E-state index in [2.05, 4.69) is 18.2 Å². The number of fused-ring (bicyclic) bond motifs is 3. The van der Waals surface area contributed by atoms with Gasteiger partial charge in [-0.25, -0.2) is 0 Å². The second-order valence-electron chi connectivity index (χ2n) is 4.72. The molecule has 3 rings (SSSR count). The summed E-state index contributed by atoms with van der Waals surface area (Å²) in [5, 5.41) is 0. The highest BCUT2D eigenvalue weighted by molar-refractivity contribution is 5.70. The molecule has 0 saturated carbocycles. The molecule has 1 aliphatic carbocycles. The lowest BCUT2D eigenvalue weighted by Crippen LogP contribution is -2.24. The molecule has 0 fully saturated rings. The normalized spacial score (nSPS) is 13.1. The van der Waals surface area contributed by atoms with Crippen LogP contribution >= 0.6 is 0 Å². The molecule has 1 heterocycles. The molecule has 0 atom stereocenters. The number of hydrogen-bond acceptors (Lipinski definition) is 1. The van der Waals surface area contributed by atoms with Gasteiger partial charge in [-0.3, -0.25) is 4.79 Å². The number of aromatic nitrogens is 1. The molecule has 1 aromatic carbocycles. The molecule has 17 heavy (non-hydrogen) atoms. The van der Waals surface area contributed by atoms with Crippen molar-refractivity contribution in [3.05, 3.63) is 57.4 Å². The van der Waals surface area contributed by atoms with E-state index in [1.807, 2.05) is 26.1 Å². The Morgan fingerprint density at radius 3 is 2.65 bits per heavy atom. The third-order valence-corrected chi connectivity index (χ3v) is 3.61. The average molecular weight is 225 g/mol. The molecule has 0 unspecified atom stereocenters. The van der Waals surface area contributed by atoms with E-state index >= 15 is 0 Å². The van der Waals surface area contributed by atoms with Crippen molar-refractivity contribution in [1.82, 2.24) is 4.57 Å². The van der Waals surface area contributed by atoms with Crippen molar-refractivity contribution in [2.24, 2.45) is 7.05 Å². The van der Waals surface area contributed by atoms with Crippen molar-refractivity contribution in [1.29, 1.82) is 0 Å². The number of aryl methyl sites for hydroxylation is 3. The number of rotatable bonds is 0. The van der Waals surface area contributed by atoms with E-state index in [0.717, 1.165) is 24.1 Å². The predicted molar refractivity (Wildman–Crippen MR) is 69.3 cm³/mol. The highest BCUT2D eigenvalue weighted by atomic mass is 16.1. The fourth-order valence-corrected chi connectivity index (χ4v) is 2.76. The van der Waals surface area contributed by atoms with Crippen LogP contribution in [-0.4, -0.2) is 4.57 Å². The highest BCUT2D eigenvalue weighted by Crippen LogP contribution is 2.32. The van der Waals surface area contributed by atoms with Crippen molar-refractivity contribution in [2.45, 2.75) is 19.8 Å². The summed E-state index contributed by atoms with van der Waals surface area (Å²) in [4.78, 5) is 12.0. The summed E-state index contributed by atoms with van der Waals surface area (Å²) in [5.74, 6) is 0. The first kappa shape index (κ1) is 10.3. The number of pyridine rings is 1. The minimum absolute atomic E-state index is 0.112. The first-order chi connectivity index (χ1) is 8.18. The second kappa shape index (κ2) is 3.59. The lowest BCUT2D eigenvalue weighted by molar-refractivity contribution is 0.811. The molecule has 0 saturated heterocycles. The number of hydrogen-bond donors (Lipinski definition) is 0. The smallest absolute Gasteiger partial charge is 0.253 e. The molecule has 0 radical (unpaired) electrons. The predicted octanol–water partition coefficient (Wildman–Crippen LogP) is 2.46. The van der Waals surface area contributed by atoms with Crippen LogP contribution < -0.4 is 5.56 Å². The van der Waals surface area contributed by atoms with Gasteiger partial charge in [0.1, 0.15) is 0 Å². The lowest BCUT2D eigenvalue weighted by atomic mass is 9.88. The van der Waals surface area contributed by atoms with Gasteiger partial charge in [-0.05, 0) is 37.0 Å². The third-order valence-electron chi connectivity index (χ3n) is 3.61. The van der Waals surface area contributed by atoms with E-state index in [0.29, 0.717) is 0 Å². The first-order valence-corrected chi connectivity index (χ1v) is 5.96. The number of nitrogens with zero attached hydrogens (tertiary/aromatic N) is 1. The Balaban J connectivity index is 2.39. The van der Waals surface area contributed by atoms with Crippen LogP contribution in [-0.2, 0) is 19.9 Å². The molecule has 1 aliphatic rings. The molecule has 0 bridgehead atoms. The molecule has 2 heteroatoms. The van der Waals surface area contributed by atoms with Crippen molar-refractivity contribution in [3.8, 4) is 11.3 Å². The second-order valence-corrected chi connectivity index (χ2v) is 4.72. The van der Waals surface area contributed by atoms with Crippen LogP contribution in [0.3, 0.4) is 0 Å². The van der Waals surface area contributed by atoms with Crippen LogP contribution in [0.1, 0.15) is 16.7 Å². The van der Waals surface area contributed by atoms with Gasteiger partial charge < -0.3 is 4.57 Å². The van der Waals surface area contributed by atoms with Crippen LogP contribution in [0.4, 0.5) is 0 Å². The molecule has 2 nitrogen and oxygen atoms in total. The van der Waals surface area contributed by atoms with Crippen LogP contribution in [0.15, 0.2) is 35.1 Å². The van der Waals surface area contributed by atoms with Crippen LogP contribution in [0, 0.1) is 6.92 Å². The Kier molecular flexibility index (Phi) is 2.18. The molecular weight excluding hydrogens is 210 g/mol. The molecule has 0 amide bonds. The minimum atomic E-state index is 0.112. The summed E-state index contributed by atoms with van der Waals surface area (Å²) in [6.45, 7) is 1.89. The summed E-state index contributed by atoms with van der Waals surface area (Å²) < 4.78 is 1.79. The maximum atomic E-state index is 12.0. The maximum Gasteiger partial charge on any atom is 0.253 e. The van der Waals surface area contributed by atoms with E-state index in [-0.39, 0.29) is 5.56 Å². The van der Waals surface area contributed by atoms with Gasteiger partial charge in [0.05, 0.1) is 5.69 Å². The van der Waals surface area contributed by atoms with Gasteiger partial charge in [-0.1, -0.05) is 24.3 Å². The van der Waals surface area contributed by atoms with Crippen LogP contribution in [0.5, 0.6) is 0 Å². The van der Waals surface area contributed by atoms with E-state index in [4.69, 9.17) is 0 Å². The topological polar surface area (TPSA) is 22.0 Å². The van der Waals surface area contributed by atoms with Crippen molar-refractivity contribution >= 4 is 0 Å².